The fourth-order valence-electron chi connectivity index (χ4n) is 2.66. The van der Waals surface area contributed by atoms with Crippen molar-refractivity contribution in [2.75, 3.05) is 40.0 Å². The van der Waals surface area contributed by atoms with Crippen LogP contribution in [0.4, 0.5) is 0 Å². The zero-order valence-corrected chi connectivity index (χ0v) is 16.9. The van der Waals surface area contributed by atoms with Crippen molar-refractivity contribution in [2.24, 2.45) is 4.99 Å². The average Bonchev–Trinajstić information content (AvgIpc) is 3.19. The molecule has 7 nitrogen and oxygen atoms in total. The molecule has 1 heterocycles. The minimum atomic E-state index is -0.0453. The van der Waals surface area contributed by atoms with Crippen LogP contribution >= 0.6 is 0 Å². The molecule has 1 aliphatic rings. The second-order valence-electron chi connectivity index (χ2n) is 6.69. The Morgan fingerprint density at radius 3 is 2.63 bits per heavy atom. The minimum Gasteiger partial charge on any atom is -0.497 e. The molecular weight excluding hydrogens is 346 g/mol. The monoisotopic (exact) mass is 379 g/mol. The molecule has 1 aromatic rings. The first kappa shape index (κ1) is 21.3. The first-order valence-electron chi connectivity index (χ1n) is 9.65. The fraction of sp³-hybridized carbons (Fsp3) is 0.650. The van der Waals surface area contributed by atoms with Gasteiger partial charge in [0.25, 0.3) is 0 Å². The lowest BCUT2D eigenvalue weighted by molar-refractivity contribution is 0.0347. The second kappa shape index (κ2) is 11.7. The van der Waals surface area contributed by atoms with Gasteiger partial charge in [0.15, 0.2) is 5.96 Å². The maximum absolute atomic E-state index is 5.91. The Balaban J connectivity index is 1.77. The van der Waals surface area contributed by atoms with Gasteiger partial charge in [-0.1, -0.05) is 0 Å². The summed E-state index contributed by atoms with van der Waals surface area (Å²) >= 11 is 0. The molecule has 27 heavy (non-hydrogen) atoms. The van der Waals surface area contributed by atoms with Crippen LogP contribution in [0.3, 0.4) is 0 Å². The molecule has 0 amide bonds. The highest BCUT2D eigenvalue weighted by Crippen LogP contribution is 2.18. The van der Waals surface area contributed by atoms with Crippen molar-refractivity contribution in [3.63, 3.8) is 0 Å². The minimum absolute atomic E-state index is 0.0453. The molecule has 1 saturated heterocycles. The predicted molar refractivity (Wildman–Crippen MR) is 107 cm³/mol. The van der Waals surface area contributed by atoms with Gasteiger partial charge in [-0.3, -0.25) is 0 Å². The lowest BCUT2D eigenvalue weighted by atomic mass is 10.3. The number of guanidine groups is 1. The smallest absolute Gasteiger partial charge is 0.191 e. The van der Waals surface area contributed by atoms with Crippen LogP contribution in [0.1, 0.15) is 27.2 Å². The summed E-state index contributed by atoms with van der Waals surface area (Å²) < 4.78 is 22.3. The SMILES string of the molecule is CCNC(=NCC(C)Oc1ccc(OC)cc1)NC(C)COC1CCOC1. The zero-order chi connectivity index (χ0) is 19.5. The molecule has 0 radical (unpaired) electrons. The van der Waals surface area contributed by atoms with E-state index in [1.807, 2.05) is 38.1 Å². The average molecular weight is 380 g/mol. The lowest BCUT2D eigenvalue weighted by Crippen LogP contribution is -2.45. The Morgan fingerprint density at radius 2 is 2.00 bits per heavy atom. The Labute approximate surface area is 162 Å². The van der Waals surface area contributed by atoms with E-state index in [-0.39, 0.29) is 18.2 Å². The Kier molecular flexibility index (Phi) is 9.21. The number of nitrogens with zero attached hydrogens (tertiary/aromatic N) is 1. The molecule has 1 aliphatic heterocycles. The molecule has 1 fully saturated rings. The number of rotatable bonds is 10. The van der Waals surface area contributed by atoms with E-state index in [9.17, 15) is 0 Å². The third-order valence-electron chi connectivity index (χ3n) is 4.10. The van der Waals surface area contributed by atoms with Crippen LogP contribution in [0.25, 0.3) is 0 Å². The second-order valence-corrected chi connectivity index (χ2v) is 6.69. The molecule has 3 unspecified atom stereocenters. The van der Waals surface area contributed by atoms with Gasteiger partial charge in [-0.25, -0.2) is 4.99 Å². The molecule has 0 aliphatic carbocycles. The van der Waals surface area contributed by atoms with Gasteiger partial charge in [0.05, 0.1) is 33.0 Å². The summed E-state index contributed by atoms with van der Waals surface area (Å²) in [5.41, 5.74) is 0. The van der Waals surface area contributed by atoms with Gasteiger partial charge in [-0.2, -0.15) is 0 Å². The van der Waals surface area contributed by atoms with Gasteiger partial charge < -0.3 is 29.6 Å². The van der Waals surface area contributed by atoms with Crippen molar-refractivity contribution in [1.82, 2.24) is 10.6 Å². The summed E-state index contributed by atoms with van der Waals surface area (Å²) in [6.07, 6.45) is 1.14. The van der Waals surface area contributed by atoms with E-state index in [2.05, 4.69) is 22.5 Å². The van der Waals surface area contributed by atoms with Gasteiger partial charge in [0, 0.05) is 19.2 Å². The molecule has 0 spiro atoms. The van der Waals surface area contributed by atoms with Crippen molar-refractivity contribution in [3.05, 3.63) is 24.3 Å². The number of ether oxygens (including phenoxy) is 4. The van der Waals surface area contributed by atoms with Crippen LogP contribution in [0.5, 0.6) is 11.5 Å². The maximum atomic E-state index is 5.91. The van der Waals surface area contributed by atoms with Crippen molar-refractivity contribution >= 4 is 5.96 Å². The number of hydrogen-bond donors (Lipinski definition) is 2. The summed E-state index contributed by atoms with van der Waals surface area (Å²) in [6.45, 7) is 9.59. The van der Waals surface area contributed by atoms with Gasteiger partial charge >= 0.3 is 0 Å². The number of aliphatic imine (C=N–C) groups is 1. The van der Waals surface area contributed by atoms with Crippen LogP contribution in [0.2, 0.25) is 0 Å². The summed E-state index contributed by atoms with van der Waals surface area (Å²) in [7, 11) is 1.65. The first-order valence-corrected chi connectivity index (χ1v) is 9.65. The Bertz CT molecular complexity index is 559. The van der Waals surface area contributed by atoms with E-state index < -0.39 is 0 Å². The van der Waals surface area contributed by atoms with E-state index in [4.69, 9.17) is 18.9 Å². The Morgan fingerprint density at radius 1 is 1.26 bits per heavy atom. The molecule has 0 bridgehead atoms. The lowest BCUT2D eigenvalue weighted by Gasteiger charge is -2.20. The quantitative estimate of drug-likeness (QED) is 0.480. The number of benzene rings is 1. The van der Waals surface area contributed by atoms with Crippen LogP contribution in [-0.4, -0.2) is 64.2 Å². The highest BCUT2D eigenvalue weighted by Gasteiger charge is 2.17. The van der Waals surface area contributed by atoms with E-state index >= 15 is 0 Å². The molecule has 2 rings (SSSR count). The highest BCUT2D eigenvalue weighted by atomic mass is 16.5. The van der Waals surface area contributed by atoms with Crippen molar-refractivity contribution in [1.29, 1.82) is 0 Å². The maximum Gasteiger partial charge on any atom is 0.191 e. The van der Waals surface area contributed by atoms with E-state index in [0.29, 0.717) is 19.8 Å². The highest BCUT2D eigenvalue weighted by molar-refractivity contribution is 5.80. The summed E-state index contributed by atoms with van der Waals surface area (Å²) in [4.78, 5) is 4.63. The van der Waals surface area contributed by atoms with Crippen LogP contribution in [-0.2, 0) is 9.47 Å². The van der Waals surface area contributed by atoms with Crippen LogP contribution in [0.15, 0.2) is 29.3 Å². The van der Waals surface area contributed by atoms with Crippen molar-refractivity contribution in [2.45, 2.75) is 45.4 Å². The van der Waals surface area contributed by atoms with Crippen molar-refractivity contribution < 1.29 is 18.9 Å². The molecule has 152 valence electrons. The summed E-state index contributed by atoms with van der Waals surface area (Å²) in [6, 6.07) is 7.71. The molecule has 2 N–H and O–H groups in total. The summed E-state index contributed by atoms with van der Waals surface area (Å²) in [5.74, 6) is 2.38. The van der Waals surface area contributed by atoms with Gasteiger partial charge in [-0.15, -0.1) is 0 Å². The molecule has 3 atom stereocenters. The van der Waals surface area contributed by atoms with Crippen LogP contribution in [0, 0.1) is 0 Å². The molecular formula is C20H33N3O4. The molecule has 7 heteroatoms. The first-order chi connectivity index (χ1) is 13.1. The third kappa shape index (κ3) is 8.05. The molecule has 0 saturated carbocycles. The number of nitrogens with one attached hydrogen (secondary N) is 2. The van der Waals surface area contributed by atoms with Crippen molar-refractivity contribution in [3.8, 4) is 11.5 Å². The normalized spacial score (nSPS) is 19.4. The summed E-state index contributed by atoms with van der Waals surface area (Å²) in [5, 5.41) is 6.64. The molecule has 0 aromatic heterocycles. The van der Waals surface area contributed by atoms with Gasteiger partial charge in [-0.05, 0) is 51.5 Å². The topological polar surface area (TPSA) is 73.3 Å². The fourth-order valence-corrected chi connectivity index (χ4v) is 2.66. The Hall–Kier alpha value is -1.99. The van der Waals surface area contributed by atoms with Gasteiger partial charge in [0.2, 0.25) is 0 Å². The predicted octanol–water partition coefficient (Wildman–Crippen LogP) is 2.21. The molecule has 1 aromatic carbocycles. The van der Waals surface area contributed by atoms with E-state index in [0.717, 1.165) is 37.0 Å². The van der Waals surface area contributed by atoms with E-state index in [1.165, 1.54) is 0 Å². The van der Waals surface area contributed by atoms with Crippen LogP contribution < -0.4 is 20.1 Å². The standard InChI is InChI=1S/C20H33N3O4/c1-5-21-20(23-15(2)13-26-19-10-11-25-14-19)22-12-16(3)27-18-8-6-17(24-4)7-9-18/h6-9,15-16,19H,5,10-14H2,1-4H3,(H2,21,22,23). The number of hydrogen-bond acceptors (Lipinski definition) is 5. The van der Waals surface area contributed by atoms with Gasteiger partial charge in [0.1, 0.15) is 17.6 Å². The third-order valence-corrected chi connectivity index (χ3v) is 4.10. The largest absolute Gasteiger partial charge is 0.497 e. The van der Waals surface area contributed by atoms with E-state index in [1.54, 1.807) is 7.11 Å². The number of methoxy groups -OCH3 is 1. The zero-order valence-electron chi connectivity index (χ0n) is 16.9.